The number of carboxylic acid groups (broad SMARTS) is 1. The molecule has 1 aromatic heterocycles. The van der Waals surface area contributed by atoms with Crippen LogP contribution in [0.2, 0.25) is 0 Å². The maximum Gasteiger partial charge on any atom is 0.347 e. The van der Waals surface area contributed by atoms with Gasteiger partial charge in [0.1, 0.15) is 4.88 Å². The average molecular weight is 284 g/mol. The molecule has 1 N–H and O–H groups in total. The maximum absolute atomic E-state index is 11.2. The topological polar surface area (TPSA) is 62.7 Å². The first-order valence-corrected chi connectivity index (χ1v) is 7.36. The van der Waals surface area contributed by atoms with Gasteiger partial charge in [-0.25, -0.2) is 9.78 Å². The van der Waals surface area contributed by atoms with Gasteiger partial charge in [-0.15, -0.1) is 0 Å². The highest BCUT2D eigenvalue weighted by molar-refractivity contribution is 7.17. The molecule has 1 aliphatic rings. The number of aromatic nitrogens is 1. The molecule has 0 atom stereocenters. The lowest BCUT2D eigenvalue weighted by atomic mass is 10.1. The van der Waals surface area contributed by atoms with E-state index in [0.29, 0.717) is 11.6 Å². The third-order valence-electron chi connectivity index (χ3n) is 3.49. The van der Waals surface area contributed by atoms with E-state index in [-0.39, 0.29) is 11.5 Å². The molecule has 0 aliphatic heterocycles. The van der Waals surface area contributed by atoms with E-state index >= 15 is 0 Å². The summed E-state index contributed by atoms with van der Waals surface area (Å²) in [6, 6.07) is 0. The minimum Gasteiger partial charge on any atom is -0.477 e. The van der Waals surface area contributed by atoms with Crippen molar-refractivity contribution in [2.45, 2.75) is 32.3 Å². The minimum absolute atomic E-state index is 0.245. The Balaban J connectivity index is 2.09. The van der Waals surface area contributed by atoms with E-state index in [1.807, 2.05) is 7.05 Å². The molecule has 0 bridgehead atoms. The van der Waals surface area contributed by atoms with Crippen molar-refractivity contribution in [1.29, 1.82) is 0 Å². The van der Waals surface area contributed by atoms with Crippen molar-refractivity contribution in [3.63, 3.8) is 0 Å². The second-order valence-corrected chi connectivity index (χ2v) is 6.02. The van der Waals surface area contributed by atoms with Crippen LogP contribution < -0.4 is 4.90 Å². The number of anilines is 1. The van der Waals surface area contributed by atoms with Crippen LogP contribution >= 0.6 is 11.3 Å². The van der Waals surface area contributed by atoms with Crippen LogP contribution in [0, 0.1) is 5.92 Å². The number of aromatic carboxylic acids is 1. The highest BCUT2D eigenvalue weighted by Gasteiger charge is 2.22. The van der Waals surface area contributed by atoms with Gasteiger partial charge in [-0.3, -0.25) is 0 Å². The zero-order chi connectivity index (χ0) is 13.8. The van der Waals surface area contributed by atoms with Crippen LogP contribution in [0.1, 0.15) is 41.0 Å². The van der Waals surface area contributed by atoms with Gasteiger partial charge in [0.15, 0.2) is 5.13 Å². The van der Waals surface area contributed by atoms with Gasteiger partial charge in [0.2, 0.25) is 0 Å². The number of methoxy groups -OCH3 is 1. The van der Waals surface area contributed by atoms with Crippen LogP contribution in [0.3, 0.4) is 0 Å². The molecule has 6 heteroatoms. The summed E-state index contributed by atoms with van der Waals surface area (Å²) in [7, 11) is 3.53. The Hall–Kier alpha value is -1.14. The van der Waals surface area contributed by atoms with Gasteiger partial charge in [0.25, 0.3) is 0 Å². The molecule has 106 valence electrons. The molecule has 1 fully saturated rings. The fraction of sp³-hybridized carbons (Fsp3) is 0.692. The van der Waals surface area contributed by atoms with Gasteiger partial charge < -0.3 is 14.7 Å². The van der Waals surface area contributed by atoms with E-state index in [2.05, 4.69) is 9.88 Å². The first-order chi connectivity index (χ1) is 9.11. The summed E-state index contributed by atoms with van der Waals surface area (Å²) in [6.07, 6.45) is 5.16. The number of nitrogens with zero attached hydrogens (tertiary/aromatic N) is 2. The van der Waals surface area contributed by atoms with Crippen molar-refractivity contribution in [3.8, 4) is 0 Å². The SMILES string of the molecule is COCc1nc(N(C)CC2CCCC2)sc1C(=O)O. The molecule has 0 radical (unpaired) electrons. The number of hydrogen-bond acceptors (Lipinski definition) is 5. The summed E-state index contributed by atoms with van der Waals surface area (Å²) in [4.78, 5) is 17.9. The molecule has 0 amide bonds. The average Bonchev–Trinajstić information content (AvgIpc) is 2.98. The molecule has 0 saturated heterocycles. The number of carboxylic acids is 1. The van der Waals surface area contributed by atoms with Crippen molar-refractivity contribution >= 4 is 22.4 Å². The second kappa shape index (κ2) is 6.34. The Morgan fingerprint density at radius 1 is 1.53 bits per heavy atom. The lowest BCUT2D eigenvalue weighted by Crippen LogP contribution is -2.23. The van der Waals surface area contributed by atoms with E-state index < -0.39 is 5.97 Å². The first-order valence-electron chi connectivity index (χ1n) is 6.55. The Kier molecular flexibility index (Phi) is 4.76. The van der Waals surface area contributed by atoms with Gasteiger partial charge in [0, 0.05) is 20.7 Å². The molecule has 0 unspecified atom stereocenters. The number of thiazole rings is 1. The second-order valence-electron chi connectivity index (χ2n) is 5.04. The third kappa shape index (κ3) is 3.45. The molecule has 0 aromatic carbocycles. The Bertz CT molecular complexity index is 441. The zero-order valence-corrected chi connectivity index (χ0v) is 12.2. The standard InChI is InChI=1S/C13H20N2O3S/c1-15(7-9-5-3-4-6-9)13-14-10(8-18-2)11(19-13)12(16)17/h9H,3-8H2,1-2H3,(H,16,17). The van der Waals surface area contributed by atoms with Crippen LogP contribution in [-0.4, -0.2) is 36.8 Å². The molecule has 1 aromatic rings. The Morgan fingerprint density at radius 2 is 2.21 bits per heavy atom. The summed E-state index contributed by atoms with van der Waals surface area (Å²) in [5.74, 6) is -0.210. The fourth-order valence-electron chi connectivity index (χ4n) is 2.56. The molecule has 1 aliphatic carbocycles. The van der Waals surface area contributed by atoms with Crippen molar-refractivity contribution in [2.75, 3.05) is 25.6 Å². The van der Waals surface area contributed by atoms with Crippen molar-refractivity contribution in [3.05, 3.63) is 10.6 Å². The summed E-state index contributed by atoms with van der Waals surface area (Å²) < 4.78 is 5.01. The predicted molar refractivity (Wildman–Crippen MR) is 75.0 cm³/mol. The van der Waals surface area contributed by atoms with E-state index in [0.717, 1.165) is 11.7 Å². The smallest absolute Gasteiger partial charge is 0.347 e. The lowest BCUT2D eigenvalue weighted by molar-refractivity contribution is 0.0697. The van der Waals surface area contributed by atoms with Crippen LogP contribution in [0.4, 0.5) is 5.13 Å². The summed E-state index contributed by atoms with van der Waals surface area (Å²) in [5, 5.41) is 9.94. The number of carbonyl (C=O) groups is 1. The Labute approximate surface area is 117 Å². The van der Waals surface area contributed by atoms with E-state index in [1.165, 1.54) is 37.0 Å². The summed E-state index contributed by atoms with van der Waals surface area (Å²) in [6.45, 7) is 1.20. The Morgan fingerprint density at radius 3 is 2.79 bits per heavy atom. The van der Waals surface area contributed by atoms with Crippen LogP contribution in [0.15, 0.2) is 0 Å². The highest BCUT2D eigenvalue weighted by Crippen LogP contribution is 2.30. The number of hydrogen-bond donors (Lipinski definition) is 1. The molecule has 0 spiro atoms. The quantitative estimate of drug-likeness (QED) is 0.870. The van der Waals surface area contributed by atoms with Gasteiger partial charge in [-0.1, -0.05) is 24.2 Å². The first kappa shape index (κ1) is 14.3. The maximum atomic E-state index is 11.2. The summed E-state index contributed by atoms with van der Waals surface area (Å²) in [5.41, 5.74) is 0.522. The number of ether oxygens (including phenoxy) is 1. The third-order valence-corrected chi connectivity index (χ3v) is 4.69. The van der Waals surface area contributed by atoms with E-state index in [1.54, 1.807) is 7.11 Å². The van der Waals surface area contributed by atoms with Gasteiger partial charge in [-0.2, -0.15) is 0 Å². The highest BCUT2D eigenvalue weighted by atomic mass is 32.1. The van der Waals surface area contributed by atoms with Crippen LogP contribution in [0.5, 0.6) is 0 Å². The van der Waals surface area contributed by atoms with Gasteiger partial charge >= 0.3 is 5.97 Å². The van der Waals surface area contributed by atoms with Gasteiger partial charge in [0.05, 0.1) is 12.3 Å². The predicted octanol–water partition coefficient (Wildman–Crippen LogP) is 2.61. The van der Waals surface area contributed by atoms with E-state index in [9.17, 15) is 4.79 Å². The van der Waals surface area contributed by atoms with Crippen molar-refractivity contribution < 1.29 is 14.6 Å². The molecule has 1 saturated carbocycles. The molecule has 2 rings (SSSR count). The van der Waals surface area contributed by atoms with E-state index in [4.69, 9.17) is 9.84 Å². The molecule has 5 nitrogen and oxygen atoms in total. The monoisotopic (exact) mass is 284 g/mol. The lowest BCUT2D eigenvalue weighted by Gasteiger charge is -2.19. The molecule has 1 heterocycles. The van der Waals surface area contributed by atoms with Crippen molar-refractivity contribution in [2.24, 2.45) is 5.92 Å². The zero-order valence-electron chi connectivity index (χ0n) is 11.4. The molecular formula is C13H20N2O3S. The van der Waals surface area contributed by atoms with Gasteiger partial charge in [-0.05, 0) is 18.8 Å². The van der Waals surface area contributed by atoms with Crippen LogP contribution in [-0.2, 0) is 11.3 Å². The summed E-state index contributed by atoms with van der Waals surface area (Å²) >= 11 is 1.23. The van der Waals surface area contributed by atoms with Crippen molar-refractivity contribution in [1.82, 2.24) is 4.98 Å². The molecule has 19 heavy (non-hydrogen) atoms. The normalized spacial score (nSPS) is 15.9. The molecular weight excluding hydrogens is 264 g/mol. The minimum atomic E-state index is -0.926. The number of rotatable bonds is 6. The largest absolute Gasteiger partial charge is 0.477 e. The fourth-order valence-corrected chi connectivity index (χ4v) is 3.44. The van der Waals surface area contributed by atoms with Crippen LogP contribution in [0.25, 0.3) is 0 Å².